The summed E-state index contributed by atoms with van der Waals surface area (Å²) in [7, 11) is 0. The minimum Gasteiger partial charge on any atom is -0.490 e. The van der Waals surface area contributed by atoms with E-state index in [1.54, 1.807) is 0 Å². The third-order valence-corrected chi connectivity index (χ3v) is 7.60. The van der Waals surface area contributed by atoms with Gasteiger partial charge >= 0.3 is 0 Å². The van der Waals surface area contributed by atoms with Gasteiger partial charge in [0.15, 0.2) is 11.5 Å². The molecular formula is C26H28N2O3S. The Morgan fingerprint density at radius 2 is 1.88 bits per heavy atom. The van der Waals surface area contributed by atoms with Crippen molar-refractivity contribution in [1.29, 1.82) is 0 Å². The Hall–Kier alpha value is -2.86. The number of carbonyl (C=O) groups excluding carboxylic acids is 1. The lowest BCUT2D eigenvalue weighted by Crippen LogP contribution is -2.38. The van der Waals surface area contributed by atoms with Gasteiger partial charge in [-0.3, -0.25) is 4.79 Å². The van der Waals surface area contributed by atoms with Gasteiger partial charge in [0.25, 0.3) is 5.91 Å². The summed E-state index contributed by atoms with van der Waals surface area (Å²) in [6.07, 6.45) is 2.70. The van der Waals surface area contributed by atoms with Crippen molar-refractivity contribution >= 4 is 17.2 Å². The van der Waals surface area contributed by atoms with Crippen molar-refractivity contribution in [2.24, 2.45) is 0 Å². The fraction of sp³-hybridized carbons (Fsp3) is 0.385. The lowest BCUT2D eigenvalue weighted by molar-refractivity contribution is 0.0681. The highest BCUT2D eigenvalue weighted by Gasteiger charge is 2.32. The summed E-state index contributed by atoms with van der Waals surface area (Å²) in [6.45, 7) is 8.20. The first-order chi connectivity index (χ1) is 15.5. The molecule has 0 spiro atoms. The van der Waals surface area contributed by atoms with Crippen LogP contribution in [0.2, 0.25) is 0 Å². The van der Waals surface area contributed by atoms with Crippen LogP contribution >= 0.6 is 11.3 Å². The molecule has 1 atom stereocenters. The third-order valence-electron chi connectivity index (χ3n) is 6.41. The van der Waals surface area contributed by atoms with E-state index in [0.717, 1.165) is 57.5 Å². The summed E-state index contributed by atoms with van der Waals surface area (Å²) in [5.74, 6) is 1.67. The van der Waals surface area contributed by atoms with Gasteiger partial charge in [0.05, 0.1) is 24.9 Å². The summed E-state index contributed by atoms with van der Waals surface area (Å²) in [5, 5.41) is 0.898. The summed E-state index contributed by atoms with van der Waals surface area (Å²) >= 11 is 1.49. The molecule has 0 saturated carbocycles. The van der Waals surface area contributed by atoms with Crippen LogP contribution in [0.1, 0.15) is 58.4 Å². The first kappa shape index (κ1) is 21.0. The molecule has 3 aromatic rings. The zero-order valence-electron chi connectivity index (χ0n) is 18.8. The quantitative estimate of drug-likeness (QED) is 0.523. The van der Waals surface area contributed by atoms with Crippen LogP contribution in [0.3, 0.4) is 0 Å². The second-order valence-electron chi connectivity index (χ2n) is 8.46. The standard InChI is InChI=1S/C26H28N2O3S/c1-4-18-6-8-19(9-7-18)25-27-16(2)24(32-25)26(29)28-11-10-20-14-22-23(15-21(20)17(28)3)31-13-5-12-30-22/h6-9,14-15,17H,4-5,10-13H2,1-3H3. The van der Waals surface area contributed by atoms with Crippen molar-refractivity contribution in [2.75, 3.05) is 19.8 Å². The molecule has 2 aromatic carbocycles. The van der Waals surface area contributed by atoms with E-state index in [0.29, 0.717) is 19.8 Å². The molecule has 5 nitrogen and oxygen atoms in total. The molecule has 166 valence electrons. The van der Waals surface area contributed by atoms with Gasteiger partial charge in [0.1, 0.15) is 9.88 Å². The molecule has 32 heavy (non-hydrogen) atoms. The summed E-state index contributed by atoms with van der Waals surface area (Å²) in [5.41, 5.74) is 5.54. The van der Waals surface area contributed by atoms with E-state index < -0.39 is 0 Å². The molecule has 0 radical (unpaired) electrons. The highest BCUT2D eigenvalue weighted by molar-refractivity contribution is 7.17. The van der Waals surface area contributed by atoms with E-state index in [1.165, 1.54) is 22.5 Å². The molecule has 5 rings (SSSR count). The molecule has 0 N–H and O–H groups in total. The molecule has 0 saturated heterocycles. The van der Waals surface area contributed by atoms with Crippen LogP contribution in [0.5, 0.6) is 11.5 Å². The predicted molar refractivity (Wildman–Crippen MR) is 127 cm³/mol. The molecule has 1 unspecified atom stereocenters. The van der Waals surface area contributed by atoms with Crippen molar-refractivity contribution in [2.45, 2.75) is 46.1 Å². The monoisotopic (exact) mass is 448 g/mol. The number of amides is 1. The maximum absolute atomic E-state index is 13.6. The van der Waals surface area contributed by atoms with E-state index in [-0.39, 0.29) is 11.9 Å². The fourth-order valence-electron chi connectivity index (χ4n) is 4.48. The second-order valence-corrected chi connectivity index (χ2v) is 9.46. The molecule has 3 heterocycles. The average Bonchev–Trinajstić information content (AvgIpc) is 3.05. The molecule has 1 aromatic heterocycles. The highest BCUT2D eigenvalue weighted by Crippen LogP contribution is 2.40. The Balaban J connectivity index is 1.42. The van der Waals surface area contributed by atoms with Gasteiger partial charge in [0, 0.05) is 18.5 Å². The number of aromatic nitrogens is 1. The van der Waals surface area contributed by atoms with Crippen LogP contribution in [0.25, 0.3) is 10.6 Å². The number of benzene rings is 2. The molecular weight excluding hydrogens is 420 g/mol. The lowest BCUT2D eigenvalue weighted by Gasteiger charge is -2.35. The van der Waals surface area contributed by atoms with E-state index >= 15 is 0 Å². The number of rotatable bonds is 3. The van der Waals surface area contributed by atoms with E-state index in [9.17, 15) is 4.79 Å². The van der Waals surface area contributed by atoms with Crippen molar-refractivity contribution in [3.63, 3.8) is 0 Å². The number of carbonyl (C=O) groups is 1. The van der Waals surface area contributed by atoms with Gasteiger partial charge in [-0.2, -0.15) is 0 Å². The number of ether oxygens (including phenoxy) is 2. The molecule has 6 heteroatoms. The first-order valence-electron chi connectivity index (χ1n) is 11.3. The predicted octanol–water partition coefficient (Wildman–Crippen LogP) is 5.60. The Morgan fingerprint density at radius 1 is 1.16 bits per heavy atom. The maximum Gasteiger partial charge on any atom is 0.266 e. The van der Waals surface area contributed by atoms with Gasteiger partial charge in [-0.25, -0.2) is 4.98 Å². The average molecular weight is 449 g/mol. The van der Waals surface area contributed by atoms with E-state index in [1.807, 2.05) is 11.8 Å². The zero-order chi connectivity index (χ0) is 22.2. The minimum absolute atomic E-state index is 0.0304. The minimum atomic E-state index is -0.0304. The van der Waals surface area contributed by atoms with E-state index in [2.05, 4.69) is 50.2 Å². The Bertz CT molecular complexity index is 1150. The fourth-order valence-corrected chi connectivity index (χ4v) is 5.51. The normalized spacial score (nSPS) is 17.6. The first-order valence-corrected chi connectivity index (χ1v) is 12.2. The van der Waals surface area contributed by atoms with Crippen LogP contribution < -0.4 is 9.47 Å². The molecule has 1 amide bonds. The summed E-state index contributed by atoms with van der Waals surface area (Å²) < 4.78 is 11.8. The third kappa shape index (κ3) is 3.77. The van der Waals surface area contributed by atoms with Crippen LogP contribution in [0.15, 0.2) is 36.4 Å². The summed E-state index contributed by atoms with van der Waals surface area (Å²) in [6, 6.07) is 12.6. The molecule has 2 aliphatic rings. The SMILES string of the molecule is CCc1ccc(-c2nc(C)c(C(=O)N3CCc4cc5c(cc4C3C)OCCCO5)s2)cc1. The molecule has 0 aliphatic carbocycles. The number of thiazole rings is 1. The molecule has 0 bridgehead atoms. The molecule has 2 aliphatic heterocycles. The highest BCUT2D eigenvalue weighted by atomic mass is 32.1. The second kappa shape index (κ2) is 8.58. The van der Waals surface area contributed by atoms with Gasteiger partial charge in [-0.15, -0.1) is 11.3 Å². The number of nitrogens with zero attached hydrogens (tertiary/aromatic N) is 2. The van der Waals surface area contributed by atoms with Crippen LogP contribution in [-0.2, 0) is 12.8 Å². The lowest BCUT2D eigenvalue weighted by atomic mass is 9.92. The number of hydrogen-bond acceptors (Lipinski definition) is 5. The van der Waals surface area contributed by atoms with Crippen LogP contribution in [0.4, 0.5) is 0 Å². The maximum atomic E-state index is 13.6. The van der Waals surface area contributed by atoms with Crippen molar-refractivity contribution in [3.8, 4) is 22.1 Å². The zero-order valence-corrected chi connectivity index (χ0v) is 19.6. The van der Waals surface area contributed by atoms with Gasteiger partial charge < -0.3 is 14.4 Å². The smallest absolute Gasteiger partial charge is 0.266 e. The van der Waals surface area contributed by atoms with Crippen LogP contribution in [0, 0.1) is 6.92 Å². The Labute approximate surface area is 193 Å². The topological polar surface area (TPSA) is 51.7 Å². The van der Waals surface area contributed by atoms with Gasteiger partial charge in [0.2, 0.25) is 0 Å². The van der Waals surface area contributed by atoms with Gasteiger partial charge in [-0.05, 0) is 55.5 Å². The number of fused-ring (bicyclic) bond motifs is 2. The number of hydrogen-bond donors (Lipinski definition) is 0. The van der Waals surface area contributed by atoms with Crippen molar-refractivity contribution in [1.82, 2.24) is 9.88 Å². The molecule has 0 fully saturated rings. The van der Waals surface area contributed by atoms with Crippen molar-refractivity contribution in [3.05, 3.63) is 63.7 Å². The van der Waals surface area contributed by atoms with Crippen LogP contribution in [-0.4, -0.2) is 35.5 Å². The van der Waals surface area contributed by atoms with E-state index in [4.69, 9.17) is 14.5 Å². The largest absolute Gasteiger partial charge is 0.490 e. The Kier molecular flexibility index (Phi) is 5.64. The summed E-state index contributed by atoms with van der Waals surface area (Å²) in [4.78, 5) is 21.0. The van der Waals surface area contributed by atoms with Gasteiger partial charge in [-0.1, -0.05) is 31.2 Å². The van der Waals surface area contributed by atoms with Crippen molar-refractivity contribution < 1.29 is 14.3 Å². The number of aryl methyl sites for hydroxylation is 2. The Morgan fingerprint density at radius 3 is 2.59 bits per heavy atom.